The summed E-state index contributed by atoms with van der Waals surface area (Å²) in [5, 5.41) is 0.961. The summed E-state index contributed by atoms with van der Waals surface area (Å²) in [6.45, 7) is 2.00. The molecule has 1 N–H and O–H groups in total. The van der Waals surface area contributed by atoms with Crippen molar-refractivity contribution in [1.82, 2.24) is 9.97 Å². The Bertz CT molecular complexity index is 946. The second kappa shape index (κ2) is 4.15. The van der Waals surface area contributed by atoms with Gasteiger partial charge in [0, 0.05) is 17.5 Å². The first-order valence-corrected chi connectivity index (χ1v) is 6.45. The molecule has 0 saturated carbocycles. The number of hydrogen-bond acceptors (Lipinski definition) is 2. The van der Waals surface area contributed by atoms with E-state index in [1.54, 1.807) is 0 Å². The van der Waals surface area contributed by atoms with E-state index in [1.807, 2.05) is 31.2 Å². The van der Waals surface area contributed by atoms with Gasteiger partial charge in [0.2, 0.25) is 0 Å². The maximum Gasteiger partial charge on any atom is 0.174 e. The van der Waals surface area contributed by atoms with Crippen LogP contribution in [0.25, 0.3) is 33.6 Å². The smallest absolute Gasteiger partial charge is 0.174 e. The van der Waals surface area contributed by atoms with Gasteiger partial charge in [0.05, 0.1) is 11.0 Å². The van der Waals surface area contributed by atoms with Crippen LogP contribution in [0.2, 0.25) is 0 Å². The van der Waals surface area contributed by atoms with E-state index in [1.165, 1.54) is 0 Å². The lowest BCUT2D eigenvalue weighted by molar-refractivity contribution is 0.510. The molecule has 4 rings (SSSR count). The standard InChI is InChI=1S/C16H10F2N2O/c1-8-2-3-14-9(4-8)5-15(21-14)16-19-12-6-10(17)11(18)7-13(12)20-16/h2-7H,1H3,(H,19,20). The van der Waals surface area contributed by atoms with Gasteiger partial charge in [-0.25, -0.2) is 13.8 Å². The molecule has 0 aliphatic rings. The fraction of sp³-hybridized carbons (Fsp3) is 0.0625. The number of nitrogens with one attached hydrogen (secondary N) is 1. The quantitative estimate of drug-likeness (QED) is 0.556. The summed E-state index contributed by atoms with van der Waals surface area (Å²) in [5.41, 5.74) is 2.66. The number of rotatable bonds is 1. The molecule has 0 unspecified atom stereocenters. The summed E-state index contributed by atoms with van der Waals surface area (Å²) in [4.78, 5) is 7.19. The van der Waals surface area contributed by atoms with Crippen molar-refractivity contribution < 1.29 is 13.2 Å². The number of halogens is 2. The number of aromatic nitrogens is 2. The first-order chi connectivity index (χ1) is 10.1. The molecule has 0 aliphatic heterocycles. The average Bonchev–Trinajstić information content (AvgIpc) is 3.02. The molecule has 3 nitrogen and oxygen atoms in total. The lowest BCUT2D eigenvalue weighted by Gasteiger charge is -1.90. The molecule has 2 aromatic carbocycles. The Balaban J connectivity index is 1.91. The predicted molar refractivity (Wildman–Crippen MR) is 76.0 cm³/mol. The van der Waals surface area contributed by atoms with Gasteiger partial charge in [-0.1, -0.05) is 11.6 Å². The van der Waals surface area contributed by atoms with Gasteiger partial charge in [-0.2, -0.15) is 0 Å². The van der Waals surface area contributed by atoms with Crippen molar-refractivity contribution in [1.29, 1.82) is 0 Å². The first-order valence-electron chi connectivity index (χ1n) is 6.45. The van der Waals surface area contributed by atoms with Gasteiger partial charge in [0.25, 0.3) is 0 Å². The monoisotopic (exact) mass is 284 g/mol. The predicted octanol–water partition coefficient (Wildman–Crippen LogP) is 4.56. The highest BCUT2D eigenvalue weighted by molar-refractivity contribution is 5.84. The molecule has 4 aromatic rings. The van der Waals surface area contributed by atoms with E-state index >= 15 is 0 Å². The summed E-state index contributed by atoms with van der Waals surface area (Å²) in [7, 11) is 0. The highest BCUT2D eigenvalue weighted by atomic mass is 19.2. The van der Waals surface area contributed by atoms with Gasteiger partial charge >= 0.3 is 0 Å². The maximum absolute atomic E-state index is 13.2. The third-order valence-electron chi connectivity index (χ3n) is 3.43. The van der Waals surface area contributed by atoms with Crippen molar-refractivity contribution in [3.05, 3.63) is 53.6 Å². The third-order valence-corrected chi connectivity index (χ3v) is 3.43. The van der Waals surface area contributed by atoms with E-state index in [9.17, 15) is 8.78 Å². The maximum atomic E-state index is 13.2. The number of furan rings is 1. The van der Waals surface area contributed by atoms with Gasteiger partial charge in [-0.05, 0) is 25.1 Å². The normalized spacial score (nSPS) is 11.6. The Morgan fingerprint density at radius 1 is 1.05 bits per heavy atom. The number of nitrogens with zero attached hydrogens (tertiary/aromatic N) is 1. The lowest BCUT2D eigenvalue weighted by Crippen LogP contribution is -1.82. The molecule has 5 heteroatoms. The Morgan fingerprint density at radius 3 is 2.71 bits per heavy atom. The average molecular weight is 284 g/mol. The Labute approximate surface area is 118 Å². The van der Waals surface area contributed by atoms with E-state index in [0.29, 0.717) is 22.6 Å². The fourth-order valence-corrected chi connectivity index (χ4v) is 2.40. The fourth-order valence-electron chi connectivity index (χ4n) is 2.40. The van der Waals surface area contributed by atoms with Crippen LogP contribution in [-0.2, 0) is 0 Å². The Hall–Kier alpha value is -2.69. The van der Waals surface area contributed by atoms with Crippen molar-refractivity contribution in [2.75, 3.05) is 0 Å². The SMILES string of the molecule is Cc1ccc2oc(-c3nc4cc(F)c(F)cc4[nH]3)cc2c1. The van der Waals surface area contributed by atoms with Gasteiger partial charge in [-0.3, -0.25) is 0 Å². The molecule has 2 aromatic heterocycles. The van der Waals surface area contributed by atoms with Gasteiger partial charge in [0.15, 0.2) is 23.2 Å². The topological polar surface area (TPSA) is 41.8 Å². The number of aromatic amines is 1. The van der Waals surface area contributed by atoms with E-state index < -0.39 is 11.6 Å². The minimum absolute atomic E-state index is 0.362. The number of aryl methyl sites for hydroxylation is 1. The van der Waals surface area contributed by atoms with Crippen LogP contribution in [-0.4, -0.2) is 9.97 Å². The van der Waals surface area contributed by atoms with E-state index in [2.05, 4.69) is 9.97 Å². The van der Waals surface area contributed by atoms with Gasteiger partial charge in [-0.15, -0.1) is 0 Å². The highest BCUT2D eigenvalue weighted by Crippen LogP contribution is 2.28. The number of H-pyrrole nitrogens is 1. The van der Waals surface area contributed by atoms with Gasteiger partial charge in [0.1, 0.15) is 5.58 Å². The largest absolute Gasteiger partial charge is 0.453 e. The first kappa shape index (κ1) is 12.1. The van der Waals surface area contributed by atoms with E-state index in [0.717, 1.165) is 28.7 Å². The van der Waals surface area contributed by atoms with E-state index in [-0.39, 0.29) is 0 Å². The molecule has 0 bridgehead atoms. The second-order valence-electron chi connectivity index (χ2n) is 5.02. The summed E-state index contributed by atoms with van der Waals surface area (Å²) >= 11 is 0. The minimum Gasteiger partial charge on any atom is -0.453 e. The van der Waals surface area contributed by atoms with E-state index in [4.69, 9.17) is 4.42 Å². The lowest BCUT2D eigenvalue weighted by atomic mass is 10.2. The summed E-state index contributed by atoms with van der Waals surface area (Å²) in [6.07, 6.45) is 0. The zero-order valence-corrected chi connectivity index (χ0v) is 11.1. The van der Waals surface area contributed by atoms with Crippen LogP contribution in [0.5, 0.6) is 0 Å². The van der Waals surface area contributed by atoms with Crippen molar-refractivity contribution in [2.45, 2.75) is 6.92 Å². The van der Waals surface area contributed by atoms with Crippen molar-refractivity contribution >= 4 is 22.0 Å². The van der Waals surface area contributed by atoms with Crippen LogP contribution in [0.15, 0.2) is 40.8 Å². The van der Waals surface area contributed by atoms with Crippen molar-refractivity contribution in [2.24, 2.45) is 0 Å². The molecule has 0 radical (unpaired) electrons. The zero-order valence-electron chi connectivity index (χ0n) is 11.1. The Kier molecular flexibility index (Phi) is 2.39. The van der Waals surface area contributed by atoms with Crippen LogP contribution in [0.1, 0.15) is 5.56 Å². The number of hydrogen-bond donors (Lipinski definition) is 1. The molecule has 104 valence electrons. The summed E-state index contributed by atoms with van der Waals surface area (Å²) < 4.78 is 32.2. The molecule has 0 amide bonds. The molecule has 0 atom stereocenters. The van der Waals surface area contributed by atoms with Crippen molar-refractivity contribution in [3.8, 4) is 11.6 Å². The number of fused-ring (bicyclic) bond motifs is 2. The molecule has 21 heavy (non-hydrogen) atoms. The molecule has 0 fully saturated rings. The molecule has 0 spiro atoms. The van der Waals surface area contributed by atoms with Crippen LogP contribution in [0.3, 0.4) is 0 Å². The summed E-state index contributed by atoms with van der Waals surface area (Å²) in [6, 6.07) is 9.86. The van der Waals surface area contributed by atoms with Crippen LogP contribution in [0.4, 0.5) is 8.78 Å². The van der Waals surface area contributed by atoms with Crippen LogP contribution in [0, 0.1) is 18.6 Å². The van der Waals surface area contributed by atoms with Gasteiger partial charge < -0.3 is 9.40 Å². The molecular formula is C16H10F2N2O. The molecule has 0 aliphatic carbocycles. The molecular weight excluding hydrogens is 274 g/mol. The van der Waals surface area contributed by atoms with Crippen LogP contribution < -0.4 is 0 Å². The Morgan fingerprint density at radius 2 is 1.86 bits per heavy atom. The zero-order chi connectivity index (χ0) is 14.6. The van der Waals surface area contributed by atoms with Crippen LogP contribution >= 0.6 is 0 Å². The van der Waals surface area contributed by atoms with Crippen molar-refractivity contribution in [3.63, 3.8) is 0 Å². The minimum atomic E-state index is -0.916. The second-order valence-corrected chi connectivity index (χ2v) is 5.02. The molecule has 0 saturated heterocycles. The third kappa shape index (κ3) is 1.89. The molecule has 2 heterocycles. The number of benzene rings is 2. The number of imidazole rings is 1. The highest BCUT2D eigenvalue weighted by Gasteiger charge is 2.13. The summed E-state index contributed by atoms with van der Waals surface area (Å²) in [5.74, 6) is -0.838.